The second-order valence-electron chi connectivity index (χ2n) is 5.51. The zero-order valence-corrected chi connectivity index (χ0v) is 12.0. The predicted octanol–water partition coefficient (Wildman–Crippen LogP) is 3.04. The normalized spacial score (nSPS) is 21.3. The lowest BCUT2D eigenvalue weighted by molar-refractivity contribution is -0.142. The van der Waals surface area contributed by atoms with Gasteiger partial charge in [0.2, 0.25) is 0 Å². The number of esters is 1. The van der Waals surface area contributed by atoms with Crippen LogP contribution in [0.3, 0.4) is 0 Å². The monoisotopic (exact) mass is 262 g/mol. The molecule has 0 atom stereocenters. The molecule has 0 amide bonds. The first-order chi connectivity index (χ1) is 8.90. The van der Waals surface area contributed by atoms with Gasteiger partial charge in [0.25, 0.3) is 0 Å². The molecule has 1 fully saturated rings. The second kappa shape index (κ2) is 6.56. The van der Waals surface area contributed by atoms with E-state index in [4.69, 9.17) is 11.2 Å². The fourth-order valence-electron chi connectivity index (χ4n) is 2.49. The van der Waals surface area contributed by atoms with Crippen molar-refractivity contribution in [3.8, 4) is 12.3 Å². The molecular weight excluding hydrogens is 240 g/mol. The maximum atomic E-state index is 11.6. The van der Waals surface area contributed by atoms with Gasteiger partial charge in [-0.05, 0) is 25.2 Å². The predicted molar refractivity (Wildman–Crippen MR) is 74.4 cm³/mol. The van der Waals surface area contributed by atoms with Gasteiger partial charge < -0.3 is 4.74 Å². The van der Waals surface area contributed by atoms with Crippen molar-refractivity contribution in [2.24, 2.45) is 5.41 Å². The fourth-order valence-corrected chi connectivity index (χ4v) is 2.49. The summed E-state index contributed by atoms with van der Waals surface area (Å²) in [5.74, 6) is 2.60. The lowest BCUT2D eigenvalue weighted by Crippen LogP contribution is -2.17. The van der Waals surface area contributed by atoms with Crippen molar-refractivity contribution < 1.29 is 14.3 Å². The van der Waals surface area contributed by atoms with Crippen LogP contribution in [0.5, 0.6) is 0 Å². The summed E-state index contributed by atoms with van der Waals surface area (Å²) in [6.07, 6.45) is 8.25. The molecular formula is C16H22O3. The third-order valence-electron chi connectivity index (χ3n) is 3.66. The van der Waals surface area contributed by atoms with Crippen LogP contribution < -0.4 is 0 Å². The minimum absolute atomic E-state index is 0.125. The highest BCUT2D eigenvalue weighted by Crippen LogP contribution is 2.40. The lowest BCUT2D eigenvalue weighted by atomic mass is 9.77. The van der Waals surface area contributed by atoms with Crippen molar-refractivity contribution in [1.82, 2.24) is 0 Å². The zero-order chi connectivity index (χ0) is 14.5. The van der Waals surface area contributed by atoms with Crippen LogP contribution in [0.15, 0.2) is 11.1 Å². The maximum absolute atomic E-state index is 11.6. The average molecular weight is 262 g/mol. The van der Waals surface area contributed by atoms with Crippen LogP contribution in [-0.4, -0.2) is 18.4 Å². The molecule has 0 saturated heterocycles. The molecule has 0 spiro atoms. The smallest absolute Gasteiger partial charge is 0.310 e. The van der Waals surface area contributed by atoms with Crippen molar-refractivity contribution in [1.29, 1.82) is 0 Å². The van der Waals surface area contributed by atoms with Crippen LogP contribution in [0.4, 0.5) is 0 Å². The standard InChI is InChI=1S/C16H22O3/c1-5-12(11-15(18)19-6-2)14-8-7-13(17)9-10-16(14,3)4/h1H,6-11H2,2-4H3/b14-12-. The number of allylic oxidation sites excluding steroid dienone is 1. The van der Waals surface area contributed by atoms with E-state index < -0.39 is 0 Å². The van der Waals surface area contributed by atoms with Crippen LogP contribution in [0.25, 0.3) is 0 Å². The molecule has 3 heteroatoms. The summed E-state index contributed by atoms with van der Waals surface area (Å²) in [6.45, 7) is 6.30. The van der Waals surface area contributed by atoms with Crippen molar-refractivity contribution in [3.63, 3.8) is 0 Å². The van der Waals surface area contributed by atoms with Crippen LogP contribution >= 0.6 is 0 Å². The molecule has 1 aliphatic rings. The molecule has 0 aromatic carbocycles. The largest absolute Gasteiger partial charge is 0.466 e. The van der Waals surface area contributed by atoms with Gasteiger partial charge in [-0.1, -0.05) is 25.3 Å². The Morgan fingerprint density at radius 1 is 1.37 bits per heavy atom. The van der Waals surface area contributed by atoms with Gasteiger partial charge in [-0.15, -0.1) is 6.42 Å². The molecule has 0 unspecified atom stereocenters. The van der Waals surface area contributed by atoms with E-state index in [-0.39, 0.29) is 23.6 Å². The highest BCUT2D eigenvalue weighted by Gasteiger charge is 2.30. The second-order valence-corrected chi connectivity index (χ2v) is 5.51. The topological polar surface area (TPSA) is 43.4 Å². The molecule has 0 bridgehead atoms. The highest BCUT2D eigenvalue weighted by molar-refractivity contribution is 5.80. The average Bonchev–Trinajstić information content (AvgIpc) is 2.47. The van der Waals surface area contributed by atoms with Crippen LogP contribution in [0, 0.1) is 17.8 Å². The molecule has 104 valence electrons. The van der Waals surface area contributed by atoms with Crippen molar-refractivity contribution >= 4 is 11.8 Å². The molecule has 0 aromatic heterocycles. The summed E-state index contributed by atoms with van der Waals surface area (Å²) in [6, 6.07) is 0. The van der Waals surface area contributed by atoms with E-state index in [1.54, 1.807) is 6.92 Å². The Hall–Kier alpha value is -1.56. The Kier molecular flexibility index (Phi) is 5.35. The number of rotatable bonds is 3. The summed E-state index contributed by atoms with van der Waals surface area (Å²) in [7, 11) is 0. The summed E-state index contributed by atoms with van der Waals surface area (Å²) in [4.78, 5) is 23.2. The Morgan fingerprint density at radius 2 is 2.05 bits per heavy atom. The van der Waals surface area contributed by atoms with Gasteiger partial charge in [0, 0.05) is 18.4 Å². The first-order valence-electron chi connectivity index (χ1n) is 6.77. The zero-order valence-electron chi connectivity index (χ0n) is 12.0. The lowest BCUT2D eigenvalue weighted by Gasteiger charge is -2.27. The third-order valence-corrected chi connectivity index (χ3v) is 3.66. The van der Waals surface area contributed by atoms with E-state index >= 15 is 0 Å². The summed E-state index contributed by atoms with van der Waals surface area (Å²) in [5, 5.41) is 0. The van der Waals surface area contributed by atoms with E-state index in [0.717, 1.165) is 12.0 Å². The molecule has 1 rings (SSSR count). The molecule has 19 heavy (non-hydrogen) atoms. The van der Waals surface area contributed by atoms with E-state index in [1.807, 2.05) is 0 Å². The molecule has 1 saturated carbocycles. The number of terminal acetylenes is 1. The first-order valence-corrected chi connectivity index (χ1v) is 6.77. The number of hydrogen-bond acceptors (Lipinski definition) is 3. The number of ether oxygens (including phenoxy) is 1. The Morgan fingerprint density at radius 3 is 2.63 bits per heavy atom. The van der Waals surface area contributed by atoms with E-state index in [0.29, 0.717) is 31.4 Å². The molecule has 3 nitrogen and oxygen atoms in total. The number of carbonyl (C=O) groups is 2. The molecule has 0 N–H and O–H groups in total. The van der Waals surface area contributed by atoms with Crippen molar-refractivity contribution in [2.45, 2.75) is 52.9 Å². The maximum Gasteiger partial charge on any atom is 0.310 e. The van der Waals surface area contributed by atoms with Crippen LogP contribution in [0.2, 0.25) is 0 Å². The van der Waals surface area contributed by atoms with Gasteiger partial charge in [-0.2, -0.15) is 0 Å². The minimum Gasteiger partial charge on any atom is -0.466 e. The molecule has 0 radical (unpaired) electrons. The van der Waals surface area contributed by atoms with E-state index in [1.165, 1.54) is 0 Å². The summed E-state index contributed by atoms with van der Waals surface area (Å²) in [5.41, 5.74) is 1.63. The highest BCUT2D eigenvalue weighted by atomic mass is 16.5. The van der Waals surface area contributed by atoms with E-state index in [2.05, 4.69) is 19.8 Å². The van der Waals surface area contributed by atoms with Gasteiger partial charge in [-0.25, -0.2) is 0 Å². The van der Waals surface area contributed by atoms with E-state index in [9.17, 15) is 9.59 Å². The molecule has 0 aliphatic heterocycles. The summed E-state index contributed by atoms with van der Waals surface area (Å²) < 4.78 is 4.95. The Labute approximate surface area is 115 Å². The van der Waals surface area contributed by atoms with Crippen molar-refractivity contribution in [3.05, 3.63) is 11.1 Å². The van der Waals surface area contributed by atoms with Gasteiger partial charge in [0.05, 0.1) is 13.0 Å². The van der Waals surface area contributed by atoms with Crippen molar-refractivity contribution in [2.75, 3.05) is 6.61 Å². The molecule has 0 aromatic rings. The first kappa shape index (κ1) is 15.5. The molecule has 0 heterocycles. The number of carbonyl (C=O) groups excluding carboxylic acids is 2. The number of ketones is 1. The Balaban J connectivity index is 3.03. The number of Topliss-reactive ketones (excluding diaryl/α,β-unsaturated/α-hetero) is 1. The number of hydrogen-bond donors (Lipinski definition) is 0. The quantitative estimate of drug-likeness (QED) is 0.446. The third kappa shape index (κ3) is 4.24. The minimum atomic E-state index is -0.297. The van der Waals surface area contributed by atoms with Crippen LogP contribution in [0.1, 0.15) is 52.9 Å². The summed E-state index contributed by atoms with van der Waals surface area (Å²) >= 11 is 0. The van der Waals surface area contributed by atoms with Gasteiger partial charge in [0.15, 0.2) is 0 Å². The van der Waals surface area contributed by atoms with Crippen LogP contribution in [-0.2, 0) is 14.3 Å². The van der Waals surface area contributed by atoms with Gasteiger partial charge in [0.1, 0.15) is 5.78 Å². The molecule has 1 aliphatic carbocycles. The Bertz CT molecular complexity index is 435. The van der Waals surface area contributed by atoms with Gasteiger partial charge >= 0.3 is 5.97 Å². The fraction of sp³-hybridized carbons (Fsp3) is 0.625. The SMILES string of the molecule is C#C/C(CC(=O)OCC)=C1\CCC(=O)CCC1(C)C. The van der Waals surface area contributed by atoms with Gasteiger partial charge in [-0.3, -0.25) is 9.59 Å².